The van der Waals surface area contributed by atoms with E-state index in [1.165, 1.54) is 87.6 Å². The Morgan fingerprint density at radius 3 is 1.28 bits per heavy atom. The predicted molar refractivity (Wildman–Crippen MR) is 198 cm³/mol. The first-order valence-electron chi connectivity index (χ1n) is 15.9. The molecule has 0 heterocycles. The van der Waals surface area contributed by atoms with E-state index < -0.39 is 0 Å². The van der Waals surface area contributed by atoms with Crippen LogP contribution >= 0.6 is 0 Å². The molecule has 0 amide bonds. The van der Waals surface area contributed by atoms with Crippen molar-refractivity contribution in [3.05, 3.63) is 182 Å². The molecular weight excluding hydrogens is 553 g/mol. The molecule has 0 saturated carbocycles. The maximum absolute atomic E-state index is 2.34. The molecule has 0 aliphatic carbocycles. The lowest BCUT2D eigenvalue weighted by Crippen LogP contribution is -1.86. The van der Waals surface area contributed by atoms with Crippen LogP contribution in [-0.4, -0.2) is 0 Å². The van der Waals surface area contributed by atoms with Gasteiger partial charge in [0.15, 0.2) is 0 Å². The zero-order valence-corrected chi connectivity index (χ0v) is 25.3. The van der Waals surface area contributed by atoms with Gasteiger partial charge in [0.1, 0.15) is 0 Å². The third kappa shape index (κ3) is 4.64. The zero-order chi connectivity index (χ0) is 30.5. The summed E-state index contributed by atoms with van der Waals surface area (Å²) in [6.07, 6.45) is 0. The van der Waals surface area contributed by atoms with Crippen LogP contribution in [-0.2, 0) is 0 Å². The van der Waals surface area contributed by atoms with Crippen molar-refractivity contribution in [3.8, 4) is 44.5 Å². The minimum absolute atomic E-state index is 1.22. The van der Waals surface area contributed by atoms with Crippen molar-refractivity contribution in [2.24, 2.45) is 0 Å². The standard InChI is InChI=1S/C46H30/c1-2-8-31(9-3-1)36-20-18-34-19-21-37(29-42(34)28-36)33-16-14-32(15-17-33)35-22-23-39-27-41(25-24-38(39)26-35)46-30-40-10-4-5-11-43(40)44-12-6-7-13-45(44)46/h1-30H. The summed E-state index contributed by atoms with van der Waals surface area (Å²) in [7, 11) is 0. The van der Waals surface area contributed by atoms with E-state index in [0.29, 0.717) is 0 Å². The van der Waals surface area contributed by atoms with E-state index in [9.17, 15) is 0 Å². The Hall–Kier alpha value is -5.98. The molecule has 9 rings (SSSR count). The number of hydrogen-bond donors (Lipinski definition) is 0. The molecule has 0 aliphatic rings. The summed E-state index contributed by atoms with van der Waals surface area (Å²) in [5, 5.41) is 10.2. The summed E-state index contributed by atoms with van der Waals surface area (Å²) in [5.41, 5.74) is 9.93. The second kappa shape index (κ2) is 10.9. The monoisotopic (exact) mass is 582 g/mol. The normalized spacial score (nSPS) is 11.5. The van der Waals surface area contributed by atoms with Gasteiger partial charge < -0.3 is 0 Å². The summed E-state index contributed by atoms with van der Waals surface area (Å²) in [4.78, 5) is 0. The molecular formula is C46H30. The molecule has 0 N–H and O–H groups in total. The summed E-state index contributed by atoms with van der Waals surface area (Å²) < 4.78 is 0. The highest BCUT2D eigenvalue weighted by Gasteiger charge is 2.10. The van der Waals surface area contributed by atoms with Crippen molar-refractivity contribution in [1.82, 2.24) is 0 Å². The minimum atomic E-state index is 1.22. The third-order valence-corrected chi connectivity index (χ3v) is 9.42. The second-order valence-electron chi connectivity index (χ2n) is 12.2. The van der Waals surface area contributed by atoms with Crippen molar-refractivity contribution in [2.45, 2.75) is 0 Å². The SMILES string of the molecule is c1ccc(-c2ccc3ccc(-c4ccc(-c5ccc6cc(-c7cc8ccccc8c8ccccc78)ccc6c5)cc4)cc3c2)cc1. The van der Waals surface area contributed by atoms with E-state index >= 15 is 0 Å². The molecule has 9 aromatic rings. The molecule has 0 aliphatic heterocycles. The van der Waals surface area contributed by atoms with Crippen LogP contribution in [0.1, 0.15) is 0 Å². The van der Waals surface area contributed by atoms with Gasteiger partial charge in [-0.25, -0.2) is 0 Å². The van der Waals surface area contributed by atoms with Gasteiger partial charge in [0.2, 0.25) is 0 Å². The van der Waals surface area contributed by atoms with Crippen molar-refractivity contribution in [1.29, 1.82) is 0 Å². The fourth-order valence-corrected chi connectivity index (χ4v) is 6.98. The van der Waals surface area contributed by atoms with E-state index in [1.54, 1.807) is 0 Å². The van der Waals surface area contributed by atoms with E-state index in [-0.39, 0.29) is 0 Å². The topological polar surface area (TPSA) is 0 Å². The Labute approximate surface area is 268 Å². The molecule has 0 bridgehead atoms. The Morgan fingerprint density at radius 2 is 0.630 bits per heavy atom. The van der Waals surface area contributed by atoms with Crippen molar-refractivity contribution in [3.63, 3.8) is 0 Å². The fraction of sp³-hybridized carbons (Fsp3) is 0. The Morgan fingerprint density at radius 1 is 0.196 bits per heavy atom. The van der Waals surface area contributed by atoms with Gasteiger partial charge in [0.25, 0.3) is 0 Å². The minimum Gasteiger partial charge on any atom is -0.0622 e. The molecule has 0 spiro atoms. The van der Waals surface area contributed by atoms with Crippen LogP contribution in [0.5, 0.6) is 0 Å². The lowest BCUT2D eigenvalue weighted by Gasteiger charge is -2.12. The van der Waals surface area contributed by atoms with Crippen LogP contribution in [0.25, 0.3) is 87.6 Å². The van der Waals surface area contributed by atoms with E-state index in [1.807, 2.05) is 0 Å². The van der Waals surface area contributed by atoms with Gasteiger partial charge in [-0.3, -0.25) is 0 Å². The highest BCUT2D eigenvalue weighted by Crippen LogP contribution is 2.37. The van der Waals surface area contributed by atoms with E-state index in [4.69, 9.17) is 0 Å². The number of rotatable bonds is 4. The van der Waals surface area contributed by atoms with Gasteiger partial charge in [-0.2, -0.15) is 0 Å². The highest BCUT2D eigenvalue weighted by molar-refractivity contribution is 6.14. The average Bonchev–Trinajstić information content (AvgIpc) is 3.14. The quantitative estimate of drug-likeness (QED) is 0.181. The molecule has 0 unspecified atom stereocenters. The molecule has 0 aromatic heterocycles. The smallest absolute Gasteiger partial charge is 0.00988 e. The molecule has 214 valence electrons. The maximum atomic E-state index is 2.34. The first kappa shape index (κ1) is 26.4. The fourth-order valence-electron chi connectivity index (χ4n) is 6.98. The molecule has 0 saturated heterocycles. The maximum Gasteiger partial charge on any atom is -0.00988 e. The molecule has 0 fully saturated rings. The van der Waals surface area contributed by atoms with Crippen molar-refractivity contribution >= 4 is 43.1 Å². The predicted octanol–water partition coefficient (Wildman–Crippen LogP) is 13.0. The summed E-state index contributed by atoms with van der Waals surface area (Å²) >= 11 is 0. The summed E-state index contributed by atoms with van der Waals surface area (Å²) in [6, 6.07) is 66.6. The highest BCUT2D eigenvalue weighted by atomic mass is 14.1. The van der Waals surface area contributed by atoms with Crippen molar-refractivity contribution in [2.75, 3.05) is 0 Å². The van der Waals surface area contributed by atoms with E-state index in [0.717, 1.165) is 0 Å². The van der Waals surface area contributed by atoms with Crippen LogP contribution in [0, 0.1) is 0 Å². The third-order valence-electron chi connectivity index (χ3n) is 9.42. The molecule has 0 radical (unpaired) electrons. The molecule has 9 aromatic carbocycles. The van der Waals surface area contributed by atoms with Gasteiger partial charge in [-0.1, -0.05) is 152 Å². The first-order chi connectivity index (χ1) is 22.8. The van der Waals surface area contributed by atoms with E-state index in [2.05, 4.69) is 182 Å². The summed E-state index contributed by atoms with van der Waals surface area (Å²) in [5.74, 6) is 0. The number of benzene rings is 9. The first-order valence-corrected chi connectivity index (χ1v) is 15.9. The molecule has 0 nitrogen and oxygen atoms in total. The molecule has 46 heavy (non-hydrogen) atoms. The second-order valence-corrected chi connectivity index (χ2v) is 12.2. The van der Waals surface area contributed by atoms with Gasteiger partial charge in [0.05, 0.1) is 0 Å². The zero-order valence-electron chi connectivity index (χ0n) is 25.3. The molecule has 0 atom stereocenters. The Bertz CT molecular complexity index is 2560. The average molecular weight is 583 g/mol. The van der Waals surface area contributed by atoms with Crippen LogP contribution < -0.4 is 0 Å². The molecule has 0 heteroatoms. The Balaban J connectivity index is 1.03. The lowest BCUT2D eigenvalue weighted by molar-refractivity contribution is 1.61. The lowest BCUT2D eigenvalue weighted by atomic mass is 9.91. The van der Waals surface area contributed by atoms with Gasteiger partial charge in [0, 0.05) is 0 Å². The number of fused-ring (bicyclic) bond motifs is 5. The van der Waals surface area contributed by atoms with Crippen LogP contribution in [0.4, 0.5) is 0 Å². The van der Waals surface area contributed by atoms with Crippen LogP contribution in [0.3, 0.4) is 0 Å². The Kier molecular flexibility index (Phi) is 6.25. The summed E-state index contributed by atoms with van der Waals surface area (Å²) in [6.45, 7) is 0. The van der Waals surface area contributed by atoms with Crippen LogP contribution in [0.2, 0.25) is 0 Å². The number of hydrogen-bond acceptors (Lipinski definition) is 0. The largest absolute Gasteiger partial charge is 0.0622 e. The van der Waals surface area contributed by atoms with Crippen molar-refractivity contribution < 1.29 is 0 Å². The van der Waals surface area contributed by atoms with Gasteiger partial charge >= 0.3 is 0 Å². The van der Waals surface area contributed by atoms with Gasteiger partial charge in [-0.05, 0) is 118 Å². The van der Waals surface area contributed by atoms with Gasteiger partial charge in [-0.15, -0.1) is 0 Å². The van der Waals surface area contributed by atoms with Crippen LogP contribution in [0.15, 0.2) is 182 Å².